The number of aromatic amines is 2. The maximum absolute atomic E-state index is 14.1. The Balaban J connectivity index is 1.06. The van der Waals surface area contributed by atoms with Crippen LogP contribution in [0.15, 0.2) is 82.4 Å². The van der Waals surface area contributed by atoms with Crippen molar-refractivity contribution >= 4 is 46.7 Å². The van der Waals surface area contributed by atoms with Gasteiger partial charge in [0, 0.05) is 38.4 Å². The lowest BCUT2D eigenvalue weighted by molar-refractivity contribution is -0.135. The number of H-pyrrole nitrogens is 2. The van der Waals surface area contributed by atoms with Crippen LogP contribution in [0.25, 0.3) is 33.6 Å². The van der Waals surface area contributed by atoms with Crippen LogP contribution in [0.3, 0.4) is 0 Å². The van der Waals surface area contributed by atoms with Crippen LogP contribution in [0.2, 0.25) is 0 Å². The van der Waals surface area contributed by atoms with Crippen LogP contribution in [-0.4, -0.2) is 122 Å². The Kier molecular flexibility index (Phi) is 15.7. The van der Waals surface area contributed by atoms with Gasteiger partial charge in [-0.3, -0.25) is 9.59 Å². The third-order valence-corrected chi connectivity index (χ3v) is 13.4. The van der Waals surface area contributed by atoms with Crippen LogP contribution in [-0.2, 0) is 28.5 Å². The Morgan fingerprint density at radius 2 is 1.10 bits per heavy atom. The first kappa shape index (κ1) is 47.7. The molecule has 8 rings (SSSR count). The number of hydrogen-bond acceptors (Lipinski definition) is 14. The van der Waals surface area contributed by atoms with Crippen molar-refractivity contribution in [2.75, 3.05) is 68.0 Å². The second-order valence-electron chi connectivity index (χ2n) is 16.1. The van der Waals surface area contributed by atoms with Gasteiger partial charge in [0.2, 0.25) is 0 Å². The monoisotopic (exact) mass is 966 g/mol. The van der Waals surface area contributed by atoms with E-state index in [9.17, 15) is 19.2 Å². The topological polar surface area (TPSA) is 212 Å². The third kappa shape index (κ3) is 10.5. The number of benzene rings is 2. The normalized spacial score (nSPS) is 16.6. The molecule has 2 aliphatic heterocycles. The fourth-order valence-electron chi connectivity index (χ4n) is 8.64. The van der Waals surface area contributed by atoms with Gasteiger partial charge >= 0.3 is 12.2 Å². The van der Waals surface area contributed by atoms with Gasteiger partial charge in [0.1, 0.15) is 36.9 Å². The Hall–Kier alpha value is -6.74. The number of amides is 4. The summed E-state index contributed by atoms with van der Waals surface area (Å²) in [5.74, 6) is 1.76. The van der Waals surface area contributed by atoms with Gasteiger partial charge in [-0.1, -0.05) is 24.3 Å². The molecule has 6 heterocycles. The number of hydrogen-bond donors (Lipinski definition) is 4. The lowest BCUT2D eigenvalue weighted by Gasteiger charge is -2.28. The first-order chi connectivity index (χ1) is 33.2. The Bertz CT molecular complexity index is 2640. The first-order valence-corrected chi connectivity index (χ1v) is 24.1. The number of aromatic nitrogens is 4. The molecule has 0 saturated carbocycles. The Labute approximate surface area is 401 Å². The number of imidazole rings is 2. The molecule has 0 spiro atoms. The van der Waals surface area contributed by atoms with E-state index in [4.69, 9.17) is 38.4 Å². The summed E-state index contributed by atoms with van der Waals surface area (Å²) in [6.45, 7) is 2.16. The number of thiophene rings is 2. The average Bonchev–Trinajstić information content (AvgIpc) is 4.22. The summed E-state index contributed by atoms with van der Waals surface area (Å²) in [5.41, 5.74) is 6.03. The SMILES string of the molecule is COCCOc1c(-c2ccc(-c3cnc([C@@H]4CCCN4C(=O)[C@H](NC(=O)OC)c4ccsc4)[nH]3)cc2)ccc(-c2cnc([C@@H]3CCCN3C(=O)[C@H](NC(=O)OC)c3ccsc3)[nH]2)c1OCCOC. The molecule has 4 aromatic heterocycles. The summed E-state index contributed by atoms with van der Waals surface area (Å²) < 4.78 is 33.4. The standard InChI is InChI=1S/C48H54N8O10S2/c1-61-19-21-65-41-33(29-9-11-30(12-10-29)35-25-49-43(51-35)37-7-5-17-55(37)45(57)39(53-47(59)63-3)31-15-23-67-27-31)13-14-34(42(41)66-22-20-62-2)36-26-50-44(52-36)38-8-6-18-56(38)46(58)40(54-48(60)64-4)32-16-24-68-28-32/h9-16,23-28,37-40H,5-8,17-22H2,1-4H3,(H,49,51)(H,50,52)(H,53,59)(H,54,60)/t37-,38-,39+,40+/m0/s1. The molecule has 4 N–H and O–H groups in total. The van der Waals surface area contributed by atoms with E-state index in [2.05, 4.69) is 20.6 Å². The van der Waals surface area contributed by atoms with Crippen molar-refractivity contribution in [2.45, 2.75) is 49.9 Å². The van der Waals surface area contributed by atoms with Crippen LogP contribution in [0, 0.1) is 0 Å². The van der Waals surface area contributed by atoms with Gasteiger partial charge in [-0.15, -0.1) is 0 Å². The molecular formula is C48H54N8O10S2. The molecule has 0 bridgehead atoms. The Morgan fingerprint density at radius 3 is 1.59 bits per heavy atom. The highest BCUT2D eigenvalue weighted by atomic mass is 32.1. The quantitative estimate of drug-likeness (QED) is 0.0573. The summed E-state index contributed by atoms with van der Waals surface area (Å²) in [6, 6.07) is 13.1. The van der Waals surface area contributed by atoms with Gasteiger partial charge in [0.15, 0.2) is 11.5 Å². The number of carbonyl (C=O) groups excluding carboxylic acids is 4. The average molecular weight is 967 g/mol. The van der Waals surface area contributed by atoms with E-state index in [0.717, 1.165) is 35.2 Å². The minimum Gasteiger partial charge on any atom is -0.487 e. The second-order valence-corrected chi connectivity index (χ2v) is 17.6. The summed E-state index contributed by atoms with van der Waals surface area (Å²) in [4.78, 5) is 72.7. The number of alkyl carbamates (subject to hydrolysis) is 2. The highest BCUT2D eigenvalue weighted by Gasteiger charge is 2.39. The summed E-state index contributed by atoms with van der Waals surface area (Å²) >= 11 is 2.89. The van der Waals surface area contributed by atoms with E-state index in [1.807, 2.05) is 70.1 Å². The van der Waals surface area contributed by atoms with E-state index in [1.54, 1.807) is 36.4 Å². The minimum absolute atomic E-state index is 0.228. The fourth-order valence-corrected chi connectivity index (χ4v) is 10.0. The number of likely N-dealkylation sites (tertiary alicyclic amines) is 2. The van der Waals surface area contributed by atoms with Gasteiger partial charge in [0.05, 0.1) is 63.3 Å². The number of methoxy groups -OCH3 is 4. The molecule has 4 amide bonds. The van der Waals surface area contributed by atoms with Gasteiger partial charge in [-0.2, -0.15) is 22.7 Å². The molecule has 68 heavy (non-hydrogen) atoms. The number of nitrogens with one attached hydrogen (secondary N) is 4. The second kappa shape index (κ2) is 22.4. The molecule has 4 atom stereocenters. The highest BCUT2D eigenvalue weighted by molar-refractivity contribution is 7.08. The lowest BCUT2D eigenvalue weighted by atomic mass is 9.98. The van der Waals surface area contributed by atoms with Gasteiger partial charge < -0.3 is 58.8 Å². The molecule has 2 fully saturated rings. The van der Waals surface area contributed by atoms with Crippen molar-refractivity contribution in [3.8, 4) is 45.1 Å². The zero-order valence-corrected chi connectivity index (χ0v) is 39.8. The molecule has 358 valence electrons. The number of nitrogens with zero attached hydrogens (tertiary/aromatic N) is 4. The number of ether oxygens (including phenoxy) is 6. The zero-order valence-electron chi connectivity index (χ0n) is 38.2. The molecule has 2 aliphatic rings. The molecule has 0 radical (unpaired) electrons. The predicted molar refractivity (Wildman–Crippen MR) is 254 cm³/mol. The molecule has 0 unspecified atom stereocenters. The van der Waals surface area contributed by atoms with E-state index >= 15 is 0 Å². The molecule has 0 aliphatic carbocycles. The minimum atomic E-state index is -0.913. The van der Waals surface area contributed by atoms with Gasteiger partial charge in [-0.25, -0.2) is 19.6 Å². The molecule has 2 aromatic carbocycles. The van der Waals surface area contributed by atoms with Gasteiger partial charge in [0.25, 0.3) is 11.8 Å². The predicted octanol–water partition coefficient (Wildman–Crippen LogP) is 7.83. The van der Waals surface area contributed by atoms with E-state index in [0.29, 0.717) is 84.7 Å². The van der Waals surface area contributed by atoms with Crippen LogP contribution in [0.5, 0.6) is 11.5 Å². The largest absolute Gasteiger partial charge is 0.487 e. The fraction of sp³-hybridized carbons (Fsp3) is 0.375. The van der Waals surface area contributed by atoms with Crippen LogP contribution in [0.4, 0.5) is 9.59 Å². The molecule has 18 nitrogen and oxygen atoms in total. The van der Waals surface area contributed by atoms with E-state index in [-0.39, 0.29) is 37.1 Å². The van der Waals surface area contributed by atoms with E-state index in [1.165, 1.54) is 36.9 Å². The molecule has 20 heteroatoms. The van der Waals surface area contributed by atoms with Crippen LogP contribution in [0.1, 0.15) is 72.6 Å². The first-order valence-electron chi connectivity index (χ1n) is 22.2. The molecule has 2 saturated heterocycles. The zero-order chi connectivity index (χ0) is 47.6. The third-order valence-electron chi connectivity index (χ3n) is 12.0. The van der Waals surface area contributed by atoms with Gasteiger partial charge in [-0.05, 0) is 93.7 Å². The van der Waals surface area contributed by atoms with E-state index < -0.39 is 24.3 Å². The summed E-state index contributed by atoms with van der Waals surface area (Å²) in [6.07, 6.45) is 5.06. The van der Waals surface area contributed by atoms with Crippen molar-refractivity contribution < 1.29 is 47.6 Å². The van der Waals surface area contributed by atoms with Crippen molar-refractivity contribution in [3.63, 3.8) is 0 Å². The molecule has 6 aromatic rings. The highest BCUT2D eigenvalue weighted by Crippen LogP contribution is 2.46. The molecular weight excluding hydrogens is 913 g/mol. The van der Waals surface area contributed by atoms with Crippen molar-refractivity contribution in [3.05, 3.63) is 105 Å². The van der Waals surface area contributed by atoms with Crippen LogP contribution >= 0.6 is 22.7 Å². The van der Waals surface area contributed by atoms with Crippen molar-refractivity contribution in [2.24, 2.45) is 0 Å². The van der Waals surface area contributed by atoms with Crippen LogP contribution < -0.4 is 20.1 Å². The lowest BCUT2D eigenvalue weighted by Crippen LogP contribution is -2.42. The number of rotatable bonds is 19. The maximum Gasteiger partial charge on any atom is 0.407 e. The number of carbonyl (C=O) groups is 4. The summed E-state index contributed by atoms with van der Waals surface area (Å²) in [7, 11) is 5.76. The Morgan fingerprint density at radius 1 is 0.632 bits per heavy atom. The van der Waals surface area contributed by atoms with Crippen molar-refractivity contribution in [1.29, 1.82) is 0 Å². The van der Waals surface area contributed by atoms with Crippen molar-refractivity contribution in [1.82, 2.24) is 40.4 Å². The summed E-state index contributed by atoms with van der Waals surface area (Å²) in [5, 5.41) is 12.8. The maximum atomic E-state index is 14.1. The smallest absolute Gasteiger partial charge is 0.407 e.